The molecule has 0 bridgehead atoms. The second kappa shape index (κ2) is 7.29. The molecule has 1 saturated carbocycles. The molecule has 0 spiro atoms. The van der Waals surface area contributed by atoms with Crippen molar-refractivity contribution in [3.63, 3.8) is 0 Å². The molecule has 2 aromatic carbocycles. The van der Waals surface area contributed by atoms with Crippen LogP contribution in [0.3, 0.4) is 0 Å². The number of benzene rings is 2. The first kappa shape index (κ1) is 18.5. The molecule has 1 fully saturated rings. The molecule has 1 amide bonds. The SMILES string of the molecule is Cc1cc(/C=C(\C#N)C(=O)NC2CC2)c(C)n1-c1ccc(Br)c2ccccc12. The maximum atomic E-state index is 12.3. The lowest BCUT2D eigenvalue weighted by atomic mass is 10.1. The normalized spacial score (nSPS) is 14.1. The van der Waals surface area contributed by atoms with Gasteiger partial charge in [0, 0.05) is 27.3 Å². The molecule has 4 rings (SSSR count). The van der Waals surface area contributed by atoms with Crippen LogP contribution in [0.1, 0.15) is 29.8 Å². The van der Waals surface area contributed by atoms with Crippen molar-refractivity contribution in [2.24, 2.45) is 0 Å². The minimum Gasteiger partial charge on any atom is -0.349 e. The first-order valence-electron chi connectivity index (χ1n) is 9.29. The van der Waals surface area contributed by atoms with Gasteiger partial charge in [0.05, 0.1) is 5.69 Å². The van der Waals surface area contributed by atoms with E-state index in [2.05, 4.69) is 50.1 Å². The standard InChI is InChI=1S/C23H20BrN3O/c1-14-11-16(12-17(13-25)23(28)26-18-7-8-18)15(2)27(14)22-10-9-21(24)19-5-3-4-6-20(19)22/h3-6,9-12,18H,7-8H2,1-2H3,(H,26,28)/b17-12+. The Labute approximate surface area is 172 Å². The smallest absolute Gasteiger partial charge is 0.262 e. The van der Waals surface area contributed by atoms with Crippen molar-refractivity contribution in [1.29, 1.82) is 5.26 Å². The fraction of sp³-hybridized carbons (Fsp3) is 0.217. The third kappa shape index (κ3) is 3.36. The van der Waals surface area contributed by atoms with Crippen LogP contribution in [0.4, 0.5) is 0 Å². The summed E-state index contributed by atoms with van der Waals surface area (Å²) >= 11 is 3.63. The van der Waals surface area contributed by atoms with Crippen molar-refractivity contribution in [2.75, 3.05) is 0 Å². The number of fused-ring (bicyclic) bond motifs is 1. The summed E-state index contributed by atoms with van der Waals surface area (Å²) in [5.41, 5.74) is 4.15. The van der Waals surface area contributed by atoms with Crippen molar-refractivity contribution in [3.05, 3.63) is 69.5 Å². The number of carbonyl (C=O) groups excluding carboxylic acids is 1. The van der Waals surface area contributed by atoms with Gasteiger partial charge in [0.2, 0.25) is 0 Å². The van der Waals surface area contributed by atoms with Crippen molar-refractivity contribution < 1.29 is 4.79 Å². The number of hydrogen-bond acceptors (Lipinski definition) is 2. The number of carbonyl (C=O) groups is 1. The minimum atomic E-state index is -0.288. The molecule has 0 unspecified atom stereocenters. The summed E-state index contributed by atoms with van der Waals surface area (Å²) in [7, 11) is 0. The highest BCUT2D eigenvalue weighted by Crippen LogP contribution is 2.32. The fourth-order valence-corrected chi connectivity index (χ4v) is 4.02. The van der Waals surface area contributed by atoms with Gasteiger partial charge in [-0.1, -0.05) is 40.2 Å². The second-order valence-corrected chi connectivity index (χ2v) is 8.05. The van der Waals surface area contributed by atoms with E-state index in [9.17, 15) is 10.1 Å². The van der Waals surface area contributed by atoms with Gasteiger partial charge in [-0.2, -0.15) is 5.26 Å². The van der Waals surface area contributed by atoms with E-state index in [0.717, 1.165) is 50.7 Å². The third-order valence-corrected chi connectivity index (χ3v) is 5.83. The molecule has 1 aliphatic carbocycles. The molecular weight excluding hydrogens is 414 g/mol. The molecule has 1 N–H and O–H groups in total. The lowest BCUT2D eigenvalue weighted by molar-refractivity contribution is -0.117. The number of amides is 1. The number of nitrogens with zero attached hydrogens (tertiary/aromatic N) is 2. The molecule has 1 aromatic heterocycles. The molecule has 1 aliphatic rings. The summed E-state index contributed by atoms with van der Waals surface area (Å²) in [4.78, 5) is 12.3. The van der Waals surface area contributed by atoms with Gasteiger partial charge in [-0.15, -0.1) is 0 Å². The maximum Gasteiger partial charge on any atom is 0.262 e. The molecule has 0 radical (unpaired) electrons. The summed E-state index contributed by atoms with van der Waals surface area (Å²) in [6.07, 6.45) is 3.68. The number of rotatable bonds is 4. The van der Waals surface area contributed by atoms with Crippen LogP contribution in [-0.4, -0.2) is 16.5 Å². The molecule has 3 aromatic rings. The Bertz CT molecular complexity index is 1160. The highest BCUT2D eigenvalue weighted by Gasteiger charge is 2.25. The lowest BCUT2D eigenvalue weighted by Crippen LogP contribution is -2.26. The topological polar surface area (TPSA) is 57.8 Å². The summed E-state index contributed by atoms with van der Waals surface area (Å²) < 4.78 is 3.23. The van der Waals surface area contributed by atoms with Crippen LogP contribution in [0.15, 0.2) is 52.5 Å². The van der Waals surface area contributed by atoms with E-state index in [-0.39, 0.29) is 17.5 Å². The minimum absolute atomic E-state index is 0.146. The molecule has 0 atom stereocenters. The largest absolute Gasteiger partial charge is 0.349 e. The van der Waals surface area contributed by atoms with Crippen LogP contribution in [0.5, 0.6) is 0 Å². The van der Waals surface area contributed by atoms with Crippen molar-refractivity contribution in [3.8, 4) is 11.8 Å². The number of nitrogens with one attached hydrogen (secondary N) is 1. The molecule has 0 aliphatic heterocycles. The molecule has 28 heavy (non-hydrogen) atoms. The Balaban J connectivity index is 1.81. The van der Waals surface area contributed by atoms with Gasteiger partial charge in [0.25, 0.3) is 5.91 Å². The fourth-order valence-electron chi connectivity index (χ4n) is 3.54. The van der Waals surface area contributed by atoms with E-state index in [1.54, 1.807) is 6.08 Å². The van der Waals surface area contributed by atoms with Crippen LogP contribution < -0.4 is 5.32 Å². The van der Waals surface area contributed by atoms with Crippen LogP contribution in [0, 0.1) is 25.2 Å². The summed E-state index contributed by atoms with van der Waals surface area (Å²) in [6.45, 7) is 4.06. The molecule has 4 nitrogen and oxygen atoms in total. The van der Waals surface area contributed by atoms with Gasteiger partial charge in [0.1, 0.15) is 11.6 Å². The van der Waals surface area contributed by atoms with Crippen LogP contribution in [0.25, 0.3) is 22.5 Å². The average Bonchev–Trinajstić information content (AvgIpc) is 3.46. The Hall–Kier alpha value is -2.84. The zero-order valence-electron chi connectivity index (χ0n) is 15.8. The predicted octanol–water partition coefficient (Wildman–Crippen LogP) is 5.20. The Morgan fingerprint density at radius 2 is 1.93 bits per heavy atom. The first-order valence-corrected chi connectivity index (χ1v) is 10.1. The first-order chi connectivity index (χ1) is 13.5. The average molecular weight is 434 g/mol. The van der Waals surface area contributed by atoms with Crippen LogP contribution in [-0.2, 0) is 4.79 Å². The molecule has 5 heteroatoms. The van der Waals surface area contributed by atoms with Crippen molar-refractivity contribution in [1.82, 2.24) is 9.88 Å². The van der Waals surface area contributed by atoms with Gasteiger partial charge >= 0.3 is 0 Å². The maximum absolute atomic E-state index is 12.3. The van der Waals surface area contributed by atoms with Crippen LogP contribution in [0.2, 0.25) is 0 Å². The van der Waals surface area contributed by atoms with Gasteiger partial charge in [-0.25, -0.2) is 0 Å². The highest BCUT2D eigenvalue weighted by molar-refractivity contribution is 9.10. The van der Waals surface area contributed by atoms with E-state index >= 15 is 0 Å². The zero-order valence-corrected chi connectivity index (χ0v) is 17.4. The molecule has 0 saturated heterocycles. The van der Waals surface area contributed by atoms with E-state index in [1.165, 1.54) is 0 Å². The van der Waals surface area contributed by atoms with E-state index < -0.39 is 0 Å². The molecule has 1 heterocycles. The van der Waals surface area contributed by atoms with Crippen molar-refractivity contribution in [2.45, 2.75) is 32.7 Å². The number of aryl methyl sites for hydroxylation is 1. The second-order valence-electron chi connectivity index (χ2n) is 7.19. The van der Waals surface area contributed by atoms with E-state index in [4.69, 9.17) is 0 Å². The Morgan fingerprint density at radius 3 is 2.61 bits per heavy atom. The molecule has 140 valence electrons. The Kier molecular flexibility index (Phi) is 4.82. The van der Waals surface area contributed by atoms with Gasteiger partial charge in [0.15, 0.2) is 0 Å². The number of halogens is 1. The summed E-state index contributed by atoms with van der Waals surface area (Å²) in [5.74, 6) is -0.288. The van der Waals surface area contributed by atoms with Crippen LogP contribution >= 0.6 is 15.9 Å². The third-order valence-electron chi connectivity index (χ3n) is 5.14. The number of aromatic nitrogens is 1. The lowest BCUT2D eigenvalue weighted by Gasteiger charge is -2.14. The van der Waals surface area contributed by atoms with Gasteiger partial charge in [-0.05, 0) is 61.9 Å². The zero-order chi connectivity index (χ0) is 19.8. The van der Waals surface area contributed by atoms with E-state index in [1.807, 2.05) is 38.1 Å². The Morgan fingerprint density at radius 1 is 1.21 bits per heavy atom. The van der Waals surface area contributed by atoms with Gasteiger partial charge in [-0.3, -0.25) is 4.79 Å². The molecular formula is C23H20BrN3O. The van der Waals surface area contributed by atoms with E-state index in [0.29, 0.717) is 0 Å². The van der Waals surface area contributed by atoms with Crippen molar-refractivity contribution >= 4 is 38.7 Å². The van der Waals surface area contributed by atoms with Gasteiger partial charge < -0.3 is 9.88 Å². The monoisotopic (exact) mass is 433 g/mol. The summed E-state index contributed by atoms with van der Waals surface area (Å²) in [6, 6.07) is 16.7. The quantitative estimate of drug-likeness (QED) is 0.454. The number of hydrogen-bond donors (Lipinski definition) is 1. The highest BCUT2D eigenvalue weighted by atomic mass is 79.9. The predicted molar refractivity (Wildman–Crippen MR) is 115 cm³/mol. The summed E-state index contributed by atoms with van der Waals surface area (Å²) in [5, 5.41) is 14.6. The number of nitriles is 1.